The fraction of sp³-hybridized carbons (Fsp3) is 0.409. The lowest BCUT2D eigenvalue weighted by atomic mass is 10.2. The van der Waals surface area contributed by atoms with Gasteiger partial charge in [-0.2, -0.15) is 0 Å². The average Bonchev–Trinajstić information content (AvgIpc) is 2.58. The van der Waals surface area contributed by atoms with Crippen molar-refractivity contribution in [1.29, 1.82) is 0 Å². The maximum Gasteiger partial charge on any atom is 0.261 e. The molecule has 0 unspecified atom stereocenters. The Kier molecular flexibility index (Phi) is 6.74. The van der Waals surface area contributed by atoms with E-state index in [9.17, 15) is 4.79 Å². The van der Waals surface area contributed by atoms with E-state index < -0.39 is 8.32 Å². The molecule has 0 heterocycles. The van der Waals surface area contributed by atoms with Gasteiger partial charge in [0.15, 0.2) is 0 Å². The molecule has 0 aromatic heterocycles. The van der Waals surface area contributed by atoms with Crippen LogP contribution < -0.4 is 10.4 Å². The molecule has 0 N–H and O–H groups in total. The minimum Gasteiger partial charge on any atom is -0.407 e. The Morgan fingerprint density at radius 2 is 1.36 bits per heavy atom. The zero-order valence-electron chi connectivity index (χ0n) is 15.9. The van der Waals surface area contributed by atoms with Crippen LogP contribution in [0.4, 0.5) is 0 Å². The van der Waals surface area contributed by atoms with Gasteiger partial charge < -0.3 is 9.22 Å². The second kappa shape index (κ2) is 8.59. The normalized spacial score (nSPS) is 12.2. The van der Waals surface area contributed by atoms with Gasteiger partial charge in [-0.05, 0) is 35.2 Å². The molecule has 0 aliphatic carbocycles. The van der Waals surface area contributed by atoms with Crippen LogP contribution in [0.15, 0.2) is 60.7 Å². The molecule has 0 radical (unpaired) electrons. The second-order valence-electron chi connectivity index (χ2n) is 7.67. The molecule has 0 saturated heterocycles. The van der Waals surface area contributed by atoms with Gasteiger partial charge >= 0.3 is 0 Å². The van der Waals surface area contributed by atoms with Crippen LogP contribution in [-0.2, 0) is 9.22 Å². The number of unbranched alkanes of at least 4 members (excludes halogenated alkanes) is 1. The molecule has 0 saturated carbocycles. The summed E-state index contributed by atoms with van der Waals surface area (Å²) < 4.78 is 6.78. The highest BCUT2D eigenvalue weighted by atomic mass is 28.4. The van der Waals surface area contributed by atoms with Crippen molar-refractivity contribution in [3.8, 4) is 0 Å². The molecule has 2 nitrogen and oxygen atoms in total. The summed E-state index contributed by atoms with van der Waals surface area (Å²) in [6.45, 7) is 9.21. The minimum absolute atomic E-state index is 0.0102. The van der Waals surface area contributed by atoms with Gasteiger partial charge in [0.05, 0.1) is 0 Å². The third-order valence-electron chi connectivity index (χ3n) is 4.66. The van der Waals surface area contributed by atoms with Crippen LogP contribution in [0.2, 0.25) is 5.04 Å². The monoisotopic (exact) mass is 354 g/mol. The molecule has 3 heteroatoms. The first kappa shape index (κ1) is 19.6. The van der Waals surface area contributed by atoms with Crippen molar-refractivity contribution >= 4 is 24.5 Å². The molecule has 0 amide bonds. The van der Waals surface area contributed by atoms with Gasteiger partial charge in [-0.3, -0.25) is 0 Å². The van der Waals surface area contributed by atoms with E-state index in [1.807, 2.05) is 0 Å². The van der Waals surface area contributed by atoms with E-state index in [-0.39, 0.29) is 10.8 Å². The van der Waals surface area contributed by atoms with Gasteiger partial charge in [-0.15, -0.1) is 0 Å². The van der Waals surface area contributed by atoms with Gasteiger partial charge in [0.1, 0.15) is 5.78 Å². The lowest BCUT2D eigenvalue weighted by molar-refractivity contribution is -0.117. The number of ketones is 1. The maximum absolute atomic E-state index is 11.2. The molecule has 0 atom stereocenters. The van der Waals surface area contributed by atoms with Gasteiger partial charge in [-0.1, -0.05) is 81.4 Å². The molecule has 2 aromatic rings. The smallest absolute Gasteiger partial charge is 0.261 e. The molecule has 134 valence electrons. The molecule has 0 fully saturated rings. The van der Waals surface area contributed by atoms with E-state index in [0.29, 0.717) is 13.0 Å². The van der Waals surface area contributed by atoms with E-state index in [1.165, 1.54) is 10.4 Å². The van der Waals surface area contributed by atoms with Crippen molar-refractivity contribution < 1.29 is 9.22 Å². The van der Waals surface area contributed by atoms with Crippen molar-refractivity contribution in [1.82, 2.24) is 0 Å². The number of benzene rings is 2. The van der Waals surface area contributed by atoms with E-state index in [0.717, 1.165) is 12.8 Å². The number of hydrogen-bond donors (Lipinski definition) is 0. The van der Waals surface area contributed by atoms with Crippen molar-refractivity contribution in [3.05, 3.63) is 60.7 Å². The third kappa shape index (κ3) is 4.68. The fourth-order valence-corrected chi connectivity index (χ4v) is 8.07. The average molecular weight is 355 g/mol. The Morgan fingerprint density at radius 3 is 1.76 bits per heavy atom. The van der Waals surface area contributed by atoms with Crippen LogP contribution >= 0.6 is 0 Å². The van der Waals surface area contributed by atoms with E-state index in [1.54, 1.807) is 6.92 Å². The summed E-state index contributed by atoms with van der Waals surface area (Å²) in [5.41, 5.74) is 0. The molecule has 2 rings (SSSR count). The molecule has 25 heavy (non-hydrogen) atoms. The topological polar surface area (TPSA) is 26.3 Å². The van der Waals surface area contributed by atoms with Gasteiger partial charge in [-0.25, -0.2) is 0 Å². The Balaban J connectivity index is 2.37. The van der Waals surface area contributed by atoms with E-state index in [4.69, 9.17) is 4.43 Å². The SMILES string of the molecule is CC(=O)CCCCO[Si](c1ccccc1)(c1ccccc1)C(C)(C)C. The first-order chi connectivity index (χ1) is 11.9. The Bertz CT molecular complexity index is 620. The highest BCUT2D eigenvalue weighted by Crippen LogP contribution is 2.36. The van der Waals surface area contributed by atoms with Crippen LogP contribution in [-0.4, -0.2) is 20.7 Å². The van der Waals surface area contributed by atoms with Crippen LogP contribution in [0, 0.1) is 0 Å². The molecule has 2 aromatic carbocycles. The third-order valence-corrected chi connectivity index (χ3v) is 9.70. The lowest BCUT2D eigenvalue weighted by Crippen LogP contribution is -2.66. The van der Waals surface area contributed by atoms with E-state index >= 15 is 0 Å². The maximum atomic E-state index is 11.2. The summed E-state index contributed by atoms with van der Waals surface area (Å²) in [4.78, 5) is 11.2. The van der Waals surface area contributed by atoms with Crippen LogP contribution in [0.1, 0.15) is 47.0 Å². The zero-order chi connectivity index (χ0) is 18.3. The molecule has 0 aliphatic heterocycles. The lowest BCUT2D eigenvalue weighted by Gasteiger charge is -2.43. The summed E-state index contributed by atoms with van der Waals surface area (Å²) in [6, 6.07) is 21.4. The van der Waals surface area contributed by atoms with Crippen LogP contribution in [0.3, 0.4) is 0 Å². The Morgan fingerprint density at radius 1 is 0.880 bits per heavy atom. The van der Waals surface area contributed by atoms with Crippen molar-refractivity contribution in [3.63, 3.8) is 0 Å². The summed E-state index contributed by atoms with van der Waals surface area (Å²) >= 11 is 0. The predicted octanol–water partition coefficient (Wildman–Crippen LogP) is 4.32. The molecule has 0 spiro atoms. The quantitative estimate of drug-likeness (QED) is 0.521. The highest BCUT2D eigenvalue weighted by Gasteiger charge is 2.49. The van der Waals surface area contributed by atoms with Gasteiger partial charge in [0.2, 0.25) is 0 Å². The summed E-state index contributed by atoms with van der Waals surface area (Å²) in [6.07, 6.45) is 2.46. The molecule has 0 aliphatic rings. The van der Waals surface area contributed by atoms with Crippen molar-refractivity contribution in [2.24, 2.45) is 0 Å². The Labute approximate surface area is 153 Å². The van der Waals surface area contributed by atoms with Crippen LogP contribution in [0.5, 0.6) is 0 Å². The number of carbonyl (C=O) groups is 1. The number of carbonyl (C=O) groups excluding carboxylic acids is 1. The second-order valence-corrected chi connectivity index (χ2v) is 12.0. The standard InChI is InChI=1S/C22H30O2Si/c1-19(23)13-11-12-18-24-25(22(2,3)4,20-14-7-5-8-15-20)21-16-9-6-10-17-21/h5-10,14-17H,11-13,18H2,1-4H3. The molecular weight excluding hydrogens is 324 g/mol. The van der Waals surface area contributed by atoms with Crippen LogP contribution in [0.25, 0.3) is 0 Å². The summed E-state index contributed by atoms with van der Waals surface area (Å²) in [5, 5.41) is 2.62. The Hall–Kier alpha value is -1.71. The van der Waals surface area contributed by atoms with Crippen molar-refractivity contribution in [2.45, 2.75) is 52.0 Å². The first-order valence-electron chi connectivity index (χ1n) is 9.12. The minimum atomic E-state index is -2.41. The zero-order valence-corrected chi connectivity index (χ0v) is 16.9. The number of rotatable bonds is 8. The van der Waals surface area contributed by atoms with Gasteiger partial charge in [0.25, 0.3) is 8.32 Å². The highest BCUT2D eigenvalue weighted by molar-refractivity contribution is 6.99. The number of hydrogen-bond acceptors (Lipinski definition) is 2. The predicted molar refractivity (Wildman–Crippen MR) is 108 cm³/mol. The largest absolute Gasteiger partial charge is 0.407 e. The number of Topliss-reactive ketones (excluding diaryl/α,β-unsaturated/α-hetero) is 1. The van der Waals surface area contributed by atoms with Gasteiger partial charge in [0, 0.05) is 13.0 Å². The summed E-state index contributed by atoms with van der Waals surface area (Å²) in [5.74, 6) is 0.255. The summed E-state index contributed by atoms with van der Waals surface area (Å²) in [7, 11) is -2.41. The first-order valence-corrected chi connectivity index (χ1v) is 11.0. The fourth-order valence-electron chi connectivity index (χ4n) is 3.46. The molecule has 0 bridgehead atoms. The van der Waals surface area contributed by atoms with E-state index in [2.05, 4.69) is 81.4 Å². The van der Waals surface area contributed by atoms with Crippen molar-refractivity contribution in [2.75, 3.05) is 6.61 Å². The molecular formula is C22H30O2Si.